The third-order valence-corrected chi connectivity index (χ3v) is 1.69. The summed E-state index contributed by atoms with van der Waals surface area (Å²) in [5, 5.41) is 6.27. The first-order chi connectivity index (χ1) is 5.88. The number of ketones is 1. The zero-order chi connectivity index (χ0) is 8.39. The van der Waals surface area contributed by atoms with E-state index in [1.54, 1.807) is 12.3 Å². The zero-order valence-electron chi connectivity index (χ0n) is 6.41. The summed E-state index contributed by atoms with van der Waals surface area (Å²) in [4.78, 5) is 11.5. The molecule has 0 fully saturated rings. The number of carbonyl (C=O) groups is 1. The molecule has 0 radical (unpaired) electrons. The van der Waals surface area contributed by atoms with Gasteiger partial charge in [0.25, 0.3) is 0 Å². The molecule has 0 bridgehead atoms. The maximum absolute atomic E-state index is 11.5. The van der Waals surface area contributed by atoms with Crippen LogP contribution in [0.2, 0.25) is 0 Å². The third-order valence-electron chi connectivity index (χ3n) is 1.69. The number of H-pyrrole nitrogens is 1. The van der Waals surface area contributed by atoms with Crippen LogP contribution in [0, 0.1) is 0 Å². The molecule has 1 aromatic rings. The molecule has 0 aliphatic carbocycles. The lowest BCUT2D eigenvalue weighted by Gasteiger charge is -1.98. The Hall–Kier alpha value is -1.58. The van der Waals surface area contributed by atoms with Gasteiger partial charge in [0.05, 0.1) is 18.4 Å². The Morgan fingerprint density at radius 3 is 3.17 bits per heavy atom. The molecular weight excluding hydrogens is 156 g/mol. The maximum Gasteiger partial charge on any atom is 0.230 e. The van der Waals surface area contributed by atoms with Crippen LogP contribution in [-0.2, 0) is 4.74 Å². The van der Waals surface area contributed by atoms with Crippen molar-refractivity contribution in [2.24, 2.45) is 0 Å². The van der Waals surface area contributed by atoms with E-state index in [1.807, 2.05) is 0 Å². The molecule has 4 nitrogen and oxygen atoms in total. The van der Waals surface area contributed by atoms with Crippen LogP contribution in [0.25, 0.3) is 0 Å². The number of nitrogens with one attached hydrogen (secondary N) is 1. The fourth-order valence-corrected chi connectivity index (χ4v) is 1.09. The topological polar surface area (TPSA) is 55.0 Å². The lowest BCUT2D eigenvalue weighted by molar-refractivity contribution is 0.0942. The normalized spacial score (nSPS) is 15.5. The molecule has 0 saturated heterocycles. The average Bonchev–Trinajstić information content (AvgIpc) is 2.77. The lowest BCUT2D eigenvalue weighted by Crippen LogP contribution is -2.02. The fourth-order valence-electron chi connectivity index (χ4n) is 1.09. The summed E-state index contributed by atoms with van der Waals surface area (Å²) in [7, 11) is 0. The van der Waals surface area contributed by atoms with Gasteiger partial charge in [-0.1, -0.05) is 0 Å². The number of nitrogens with zero attached hydrogens (tertiary/aromatic N) is 1. The maximum atomic E-state index is 11.5. The highest BCUT2D eigenvalue weighted by Gasteiger charge is 2.17. The predicted octanol–water partition coefficient (Wildman–Crippen LogP) is 0.897. The second kappa shape index (κ2) is 2.81. The molecule has 1 aliphatic rings. The van der Waals surface area contributed by atoms with Crippen molar-refractivity contribution in [1.82, 2.24) is 10.2 Å². The van der Waals surface area contributed by atoms with Crippen LogP contribution in [0.4, 0.5) is 0 Å². The molecule has 0 spiro atoms. The highest BCUT2D eigenvalue weighted by molar-refractivity contribution is 6.07. The van der Waals surface area contributed by atoms with Gasteiger partial charge in [-0.3, -0.25) is 9.89 Å². The monoisotopic (exact) mass is 164 g/mol. The Kier molecular flexibility index (Phi) is 1.66. The van der Waals surface area contributed by atoms with Crippen molar-refractivity contribution in [1.29, 1.82) is 0 Å². The summed E-state index contributed by atoms with van der Waals surface area (Å²) < 4.78 is 5.11. The van der Waals surface area contributed by atoms with Crippen molar-refractivity contribution in [3.05, 3.63) is 29.8 Å². The minimum Gasteiger partial charge on any atom is -0.489 e. The standard InChI is InChI=1S/C8H8N2O2/c11-8(6-4-9-10-5-6)7-2-1-3-12-7/h2,4-5H,1,3H2,(H,9,10). The average molecular weight is 164 g/mol. The quantitative estimate of drug-likeness (QED) is 0.660. The van der Waals surface area contributed by atoms with Crippen LogP contribution in [0.5, 0.6) is 0 Å². The second-order valence-electron chi connectivity index (χ2n) is 2.52. The van der Waals surface area contributed by atoms with Gasteiger partial charge in [-0.15, -0.1) is 0 Å². The smallest absolute Gasteiger partial charge is 0.230 e. The highest BCUT2D eigenvalue weighted by atomic mass is 16.5. The van der Waals surface area contributed by atoms with Crippen molar-refractivity contribution in [3.8, 4) is 0 Å². The largest absolute Gasteiger partial charge is 0.489 e. The summed E-state index contributed by atoms with van der Waals surface area (Å²) in [5.74, 6) is 0.345. The molecule has 0 atom stereocenters. The number of allylic oxidation sites excluding steroid dienone is 1. The first-order valence-electron chi connectivity index (χ1n) is 3.74. The van der Waals surface area contributed by atoms with E-state index in [2.05, 4.69) is 10.2 Å². The Bertz CT molecular complexity index is 314. The van der Waals surface area contributed by atoms with Crippen LogP contribution in [0.3, 0.4) is 0 Å². The van der Waals surface area contributed by atoms with Crippen molar-refractivity contribution < 1.29 is 9.53 Å². The van der Waals surface area contributed by atoms with Gasteiger partial charge in [0.15, 0.2) is 5.76 Å². The van der Waals surface area contributed by atoms with E-state index in [0.29, 0.717) is 17.9 Å². The van der Waals surface area contributed by atoms with E-state index in [-0.39, 0.29) is 5.78 Å². The molecule has 62 valence electrons. The molecule has 0 aromatic carbocycles. The molecule has 4 heteroatoms. The van der Waals surface area contributed by atoms with Gasteiger partial charge in [0.2, 0.25) is 5.78 Å². The highest BCUT2D eigenvalue weighted by Crippen LogP contribution is 2.14. The van der Waals surface area contributed by atoms with Gasteiger partial charge in [0.1, 0.15) is 0 Å². The molecule has 0 amide bonds. The summed E-state index contributed by atoms with van der Waals surface area (Å²) >= 11 is 0. The van der Waals surface area contributed by atoms with Crippen LogP contribution < -0.4 is 0 Å². The Labute approximate surface area is 69.2 Å². The van der Waals surface area contributed by atoms with E-state index in [4.69, 9.17) is 4.74 Å². The summed E-state index contributed by atoms with van der Waals surface area (Å²) in [6.07, 6.45) is 5.67. The SMILES string of the molecule is O=C(C1=CCCO1)c1cn[nH]c1. The Balaban J connectivity index is 2.20. The molecule has 1 aromatic heterocycles. The fraction of sp³-hybridized carbons (Fsp3) is 0.250. The van der Waals surface area contributed by atoms with Crippen molar-refractivity contribution in [2.45, 2.75) is 6.42 Å². The minimum absolute atomic E-state index is 0.0961. The van der Waals surface area contributed by atoms with E-state index in [0.717, 1.165) is 6.42 Å². The van der Waals surface area contributed by atoms with Crippen molar-refractivity contribution >= 4 is 5.78 Å². The van der Waals surface area contributed by atoms with Gasteiger partial charge in [0, 0.05) is 12.6 Å². The number of Topliss-reactive ketones (excluding diaryl/α,β-unsaturated/α-hetero) is 1. The third kappa shape index (κ3) is 1.11. The summed E-state index contributed by atoms with van der Waals surface area (Å²) in [5.41, 5.74) is 0.545. The Morgan fingerprint density at radius 2 is 2.58 bits per heavy atom. The van der Waals surface area contributed by atoms with Crippen LogP contribution in [-0.4, -0.2) is 22.6 Å². The number of carbonyl (C=O) groups excluding carboxylic acids is 1. The molecule has 12 heavy (non-hydrogen) atoms. The Morgan fingerprint density at radius 1 is 1.67 bits per heavy atom. The van der Waals surface area contributed by atoms with E-state index in [1.165, 1.54) is 6.20 Å². The second-order valence-corrected chi connectivity index (χ2v) is 2.52. The molecule has 2 rings (SSSR count). The van der Waals surface area contributed by atoms with E-state index < -0.39 is 0 Å². The van der Waals surface area contributed by atoms with Gasteiger partial charge < -0.3 is 4.74 Å². The van der Waals surface area contributed by atoms with Crippen LogP contribution >= 0.6 is 0 Å². The van der Waals surface area contributed by atoms with Crippen molar-refractivity contribution in [2.75, 3.05) is 6.61 Å². The van der Waals surface area contributed by atoms with E-state index >= 15 is 0 Å². The zero-order valence-corrected chi connectivity index (χ0v) is 6.41. The van der Waals surface area contributed by atoms with Gasteiger partial charge in [-0.05, 0) is 6.08 Å². The van der Waals surface area contributed by atoms with Crippen LogP contribution in [0.1, 0.15) is 16.8 Å². The number of aromatic amines is 1. The molecule has 0 unspecified atom stereocenters. The molecule has 0 saturated carbocycles. The molecule has 2 heterocycles. The predicted molar refractivity (Wildman–Crippen MR) is 41.6 cm³/mol. The van der Waals surface area contributed by atoms with Crippen LogP contribution in [0.15, 0.2) is 24.2 Å². The summed E-state index contributed by atoms with van der Waals surface area (Å²) in [6, 6.07) is 0. The van der Waals surface area contributed by atoms with E-state index in [9.17, 15) is 4.79 Å². The van der Waals surface area contributed by atoms with Gasteiger partial charge >= 0.3 is 0 Å². The number of hydrogen-bond donors (Lipinski definition) is 1. The van der Waals surface area contributed by atoms with Gasteiger partial charge in [-0.2, -0.15) is 5.10 Å². The number of ether oxygens (including phenoxy) is 1. The first kappa shape index (κ1) is 7.09. The summed E-state index contributed by atoms with van der Waals surface area (Å²) in [6.45, 7) is 0.610. The van der Waals surface area contributed by atoms with Gasteiger partial charge in [-0.25, -0.2) is 0 Å². The number of hydrogen-bond acceptors (Lipinski definition) is 3. The number of aromatic nitrogens is 2. The molecular formula is C8H8N2O2. The molecule has 1 N–H and O–H groups in total. The minimum atomic E-state index is -0.0961. The number of rotatable bonds is 2. The lowest BCUT2D eigenvalue weighted by atomic mass is 10.2. The first-order valence-corrected chi connectivity index (χ1v) is 3.74. The molecule has 1 aliphatic heterocycles. The van der Waals surface area contributed by atoms with Crippen molar-refractivity contribution in [3.63, 3.8) is 0 Å².